The third kappa shape index (κ3) is 8.31. The van der Waals surface area contributed by atoms with Crippen LogP contribution in [0.2, 0.25) is 0 Å². The lowest BCUT2D eigenvalue weighted by Crippen LogP contribution is -2.37. The van der Waals surface area contributed by atoms with Crippen LogP contribution in [0.15, 0.2) is 84.9 Å². The fourth-order valence-electron chi connectivity index (χ4n) is 2.80. The van der Waals surface area contributed by atoms with Crippen LogP contribution in [0, 0.1) is 0 Å². The van der Waals surface area contributed by atoms with E-state index >= 15 is 0 Å². The molecule has 34 heavy (non-hydrogen) atoms. The normalized spacial score (nSPS) is 11.1. The zero-order valence-electron chi connectivity index (χ0n) is 18.7. The van der Waals surface area contributed by atoms with Gasteiger partial charge in [-0.15, -0.1) is 0 Å². The van der Waals surface area contributed by atoms with Crippen molar-refractivity contribution in [2.45, 2.75) is 19.6 Å². The van der Waals surface area contributed by atoms with Gasteiger partial charge >= 0.3 is 5.97 Å². The average molecular weight is 463 g/mol. The standard InChI is InChI=1S/C26H26N2O6/c1-19(34-25(30)16-27-24(29)18-33-22-10-6-3-7-11-22)26(31)28-21-12-14-23(15-13-21)32-17-20-8-4-2-5-9-20/h2-15,19H,16-18H2,1H3,(H,27,29)(H,28,31). The van der Waals surface area contributed by atoms with Crippen molar-refractivity contribution in [1.82, 2.24) is 5.32 Å². The van der Waals surface area contributed by atoms with Crippen molar-refractivity contribution in [3.05, 3.63) is 90.5 Å². The van der Waals surface area contributed by atoms with E-state index in [9.17, 15) is 14.4 Å². The molecule has 176 valence electrons. The van der Waals surface area contributed by atoms with E-state index in [4.69, 9.17) is 14.2 Å². The number of anilines is 1. The van der Waals surface area contributed by atoms with Crippen LogP contribution in [0.25, 0.3) is 0 Å². The number of nitrogens with one attached hydrogen (secondary N) is 2. The molecule has 0 spiro atoms. The molecule has 3 aromatic rings. The molecule has 0 saturated carbocycles. The molecular formula is C26H26N2O6. The first-order valence-corrected chi connectivity index (χ1v) is 10.7. The van der Waals surface area contributed by atoms with Gasteiger partial charge in [0.15, 0.2) is 12.7 Å². The van der Waals surface area contributed by atoms with Crippen molar-refractivity contribution < 1.29 is 28.6 Å². The molecule has 0 radical (unpaired) electrons. The predicted octanol–water partition coefficient (Wildman–Crippen LogP) is 3.33. The maximum atomic E-state index is 12.3. The summed E-state index contributed by atoms with van der Waals surface area (Å²) in [6.45, 7) is 1.28. The molecule has 3 rings (SSSR count). The molecule has 8 nitrogen and oxygen atoms in total. The molecule has 1 atom stereocenters. The Morgan fingerprint density at radius 2 is 1.41 bits per heavy atom. The number of amides is 2. The third-order valence-electron chi connectivity index (χ3n) is 4.59. The number of carbonyl (C=O) groups excluding carboxylic acids is 3. The molecule has 8 heteroatoms. The minimum atomic E-state index is -1.04. The van der Waals surface area contributed by atoms with E-state index in [1.807, 2.05) is 36.4 Å². The van der Waals surface area contributed by atoms with Crippen LogP contribution in [0.4, 0.5) is 5.69 Å². The fourth-order valence-corrected chi connectivity index (χ4v) is 2.80. The Morgan fingerprint density at radius 1 is 0.794 bits per heavy atom. The summed E-state index contributed by atoms with van der Waals surface area (Å²) in [6.07, 6.45) is -1.04. The van der Waals surface area contributed by atoms with E-state index in [2.05, 4.69) is 10.6 Å². The van der Waals surface area contributed by atoms with Gasteiger partial charge in [0.05, 0.1) is 0 Å². The summed E-state index contributed by atoms with van der Waals surface area (Å²) in [7, 11) is 0. The summed E-state index contributed by atoms with van der Waals surface area (Å²) < 4.78 is 16.1. The van der Waals surface area contributed by atoms with Crippen molar-refractivity contribution >= 4 is 23.5 Å². The van der Waals surface area contributed by atoms with E-state index < -0.39 is 23.9 Å². The largest absolute Gasteiger partial charge is 0.489 e. The van der Waals surface area contributed by atoms with Gasteiger partial charge in [-0.05, 0) is 48.9 Å². The number of ether oxygens (including phenoxy) is 3. The maximum Gasteiger partial charge on any atom is 0.326 e. The lowest BCUT2D eigenvalue weighted by Gasteiger charge is -2.14. The third-order valence-corrected chi connectivity index (χ3v) is 4.59. The van der Waals surface area contributed by atoms with E-state index in [1.165, 1.54) is 6.92 Å². The van der Waals surface area contributed by atoms with Crippen molar-refractivity contribution in [1.29, 1.82) is 0 Å². The van der Waals surface area contributed by atoms with Crippen LogP contribution >= 0.6 is 0 Å². The number of para-hydroxylation sites is 1. The topological polar surface area (TPSA) is 103 Å². The number of rotatable bonds is 11. The summed E-state index contributed by atoms with van der Waals surface area (Å²) in [5.74, 6) is -0.507. The Bertz CT molecular complexity index is 1070. The van der Waals surface area contributed by atoms with E-state index in [1.54, 1.807) is 48.5 Å². The highest BCUT2D eigenvalue weighted by atomic mass is 16.5. The predicted molar refractivity (Wildman–Crippen MR) is 126 cm³/mol. The Kier molecular flexibility index (Phi) is 9.04. The Labute approximate surface area is 197 Å². The minimum absolute atomic E-state index is 0.238. The second-order valence-electron chi connectivity index (χ2n) is 7.30. The molecule has 1 unspecified atom stereocenters. The lowest BCUT2D eigenvalue weighted by molar-refractivity contribution is -0.152. The minimum Gasteiger partial charge on any atom is -0.489 e. The number of hydrogen-bond acceptors (Lipinski definition) is 6. The van der Waals surface area contributed by atoms with Gasteiger partial charge in [0.25, 0.3) is 11.8 Å². The summed E-state index contributed by atoms with van der Waals surface area (Å²) in [5.41, 5.74) is 1.58. The first-order chi connectivity index (χ1) is 16.5. The number of benzene rings is 3. The van der Waals surface area contributed by atoms with E-state index in [0.717, 1.165) is 5.56 Å². The van der Waals surface area contributed by atoms with Gasteiger partial charge in [0.1, 0.15) is 24.7 Å². The number of esters is 1. The molecule has 0 aliphatic carbocycles. The molecule has 0 bridgehead atoms. The molecule has 0 aromatic heterocycles. The van der Waals surface area contributed by atoms with Gasteiger partial charge in [-0.2, -0.15) is 0 Å². The van der Waals surface area contributed by atoms with E-state index in [-0.39, 0.29) is 13.2 Å². The fraction of sp³-hybridized carbons (Fsp3) is 0.192. The van der Waals surface area contributed by atoms with Crippen molar-refractivity contribution in [3.63, 3.8) is 0 Å². The lowest BCUT2D eigenvalue weighted by atomic mass is 10.2. The number of hydrogen-bond donors (Lipinski definition) is 2. The highest BCUT2D eigenvalue weighted by Crippen LogP contribution is 2.17. The van der Waals surface area contributed by atoms with Gasteiger partial charge in [0, 0.05) is 5.69 Å². The molecule has 2 N–H and O–H groups in total. The van der Waals surface area contributed by atoms with Gasteiger partial charge in [-0.1, -0.05) is 48.5 Å². The van der Waals surface area contributed by atoms with Gasteiger partial charge < -0.3 is 24.8 Å². The van der Waals surface area contributed by atoms with Crippen LogP contribution in [0.1, 0.15) is 12.5 Å². The Hall–Kier alpha value is -4.33. The van der Waals surface area contributed by atoms with Gasteiger partial charge in [-0.25, -0.2) is 0 Å². The second kappa shape index (κ2) is 12.6. The monoisotopic (exact) mass is 462 g/mol. The molecule has 0 fully saturated rings. The van der Waals surface area contributed by atoms with Crippen LogP contribution in [-0.2, 0) is 25.7 Å². The quantitative estimate of drug-likeness (QED) is 0.424. The van der Waals surface area contributed by atoms with Crippen LogP contribution in [0.5, 0.6) is 11.5 Å². The SMILES string of the molecule is CC(OC(=O)CNC(=O)COc1ccccc1)C(=O)Nc1ccc(OCc2ccccc2)cc1. The van der Waals surface area contributed by atoms with Gasteiger partial charge in [-0.3, -0.25) is 14.4 Å². The molecule has 3 aromatic carbocycles. The van der Waals surface area contributed by atoms with Crippen molar-refractivity contribution in [3.8, 4) is 11.5 Å². The first kappa shape index (κ1) is 24.3. The van der Waals surface area contributed by atoms with E-state index in [0.29, 0.717) is 23.8 Å². The zero-order valence-corrected chi connectivity index (χ0v) is 18.7. The average Bonchev–Trinajstić information content (AvgIpc) is 2.87. The van der Waals surface area contributed by atoms with Crippen LogP contribution in [0.3, 0.4) is 0 Å². The molecule has 2 amide bonds. The molecular weight excluding hydrogens is 436 g/mol. The Balaban J connectivity index is 1.35. The highest BCUT2D eigenvalue weighted by molar-refractivity contribution is 5.95. The smallest absolute Gasteiger partial charge is 0.326 e. The zero-order chi connectivity index (χ0) is 24.2. The second-order valence-corrected chi connectivity index (χ2v) is 7.30. The molecule has 0 saturated heterocycles. The molecule has 0 aliphatic heterocycles. The van der Waals surface area contributed by atoms with Crippen LogP contribution < -0.4 is 20.1 Å². The summed E-state index contributed by atoms with van der Waals surface area (Å²) in [4.78, 5) is 36.1. The maximum absolute atomic E-state index is 12.3. The summed E-state index contributed by atoms with van der Waals surface area (Å²) >= 11 is 0. The Morgan fingerprint density at radius 3 is 2.09 bits per heavy atom. The van der Waals surface area contributed by atoms with Crippen molar-refractivity contribution in [2.24, 2.45) is 0 Å². The molecule has 0 heterocycles. The first-order valence-electron chi connectivity index (χ1n) is 10.7. The summed E-state index contributed by atoms with van der Waals surface area (Å²) in [6, 6.07) is 25.5. The van der Waals surface area contributed by atoms with Crippen LogP contribution in [-0.4, -0.2) is 37.0 Å². The van der Waals surface area contributed by atoms with Crippen molar-refractivity contribution in [2.75, 3.05) is 18.5 Å². The highest BCUT2D eigenvalue weighted by Gasteiger charge is 2.18. The summed E-state index contributed by atoms with van der Waals surface area (Å²) in [5, 5.41) is 5.06. The number of carbonyl (C=O) groups is 3. The van der Waals surface area contributed by atoms with Gasteiger partial charge in [0.2, 0.25) is 0 Å². The molecule has 0 aliphatic rings.